The Morgan fingerprint density at radius 1 is 1.58 bits per heavy atom. The van der Waals surface area contributed by atoms with E-state index in [0.717, 1.165) is 5.56 Å². The number of aryl methyl sites for hydroxylation is 1. The van der Waals surface area contributed by atoms with Crippen LogP contribution in [-0.4, -0.2) is 52.8 Å². The average molecular weight is 264 g/mol. The monoisotopic (exact) mass is 264 g/mol. The fraction of sp³-hybridized carbons (Fsp3) is 0.571. The number of pyridine rings is 1. The van der Waals surface area contributed by atoms with E-state index in [-0.39, 0.29) is 11.9 Å². The standard InChI is InChI=1S/C14H20N2O3/c1-2-16(12-9-19-10-13(12)17)14(18)6-5-11-4-3-7-15-8-11/h3-4,7-8,12-13,17H,2,5-6,9-10H2,1H3/t12-,13-/m1/s1. The van der Waals surface area contributed by atoms with E-state index in [1.165, 1.54) is 0 Å². The second kappa shape index (κ2) is 6.63. The van der Waals surface area contributed by atoms with Crippen LogP contribution in [0.3, 0.4) is 0 Å². The van der Waals surface area contributed by atoms with Gasteiger partial charge in [-0.3, -0.25) is 9.78 Å². The molecule has 1 aromatic rings. The van der Waals surface area contributed by atoms with Crippen molar-refractivity contribution < 1.29 is 14.6 Å². The van der Waals surface area contributed by atoms with Crippen LogP contribution in [0.5, 0.6) is 0 Å². The molecule has 1 aromatic heterocycles. The molecule has 1 N–H and O–H groups in total. The molecule has 2 heterocycles. The Kier molecular flexibility index (Phi) is 4.87. The van der Waals surface area contributed by atoms with Gasteiger partial charge in [-0.25, -0.2) is 0 Å². The van der Waals surface area contributed by atoms with Crippen molar-refractivity contribution in [3.63, 3.8) is 0 Å². The lowest BCUT2D eigenvalue weighted by atomic mass is 10.1. The van der Waals surface area contributed by atoms with E-state index in [2.05, 4.69) is 4.98 Å². The van der Waals surface area contributed by atoms with E-state index in [0.29, 0.717) is 32.6 Å². The first kappa shape index (κ1) is 14.0. The van der Waals surface area contributed by atoms with Crippen molar-refractivity contribution in [2.24, 2.45) is 0 Å². The molecule has 0 bridgehead atoms. The smallest absolute Gasteiger partial charge is 0.223 e. The first-order valence-electron chi connectivity index (χ1n) is 6.66. The Morgan fingerprint density at radius 3 is 3.00 bits per heavy atom. The third-order valence-corrected chi connectivity index (χ3v) is 3.43. The Labute approximate surface area is 113 Å². The molecule has 0 aromatic carbocycles. The lowest BCUT2D eigenvalue weighted by molar-refractivity contribution is -0.134. The molecule has 1 fully saturated rings. The number of likely N-dealkylation sites (N-methyl/N-ethyl adjacent to an activating group) is 1. The van der Waals surface area contributed by atoms with Gasteiger partial charge in [-0.1, -0.05) is 6.07 Å². The Balaban J connectivity index is 1.90. The number of aromatic nitrogens is 1. The van der Waals surface area contributed by atoms with E-state index in [1.54, 1.807) is 17.3 Å². The van der Waals surface area contributed by atoms with Crippen molar-refractivity contribution in [3.05, 3.63) is 30.1 Å². The van der Waals surface area contributed by atoms with Crippen molar-refractivity contribution in [2.45, 2.75) is 31.9 Å². The molecule has 1 aliphatic heterocycles. The fourth-order valence-corrected chi connectivity index (χ4v) is 2.37. The molecule has 2 atom stereocenters. The van der Waals surface area contributed by atoms with Crippen LogP contribution >= 0.6 is 0 Å². The van der Waals surface area contributed by atoms with E-state index in [4.69, 9.17) is 4.74 Å². The van der Waals surface area contributed by atoms with Crippen LogP contribution in [0.4, 0.5) is 0 Å². The van der Waals surface area contributed by atoms with E-state index < -0.39 is 6.10 Å². The summed E-state index contributed by atoms with van der Waals surface area (Å²) in [6.07, 6.45) is 4.03. The van der Waals surface area contributed by atoms with Gasteiger partial charge in [0.05, 0.1) is 25.4 Å². The molecule has 104 valence electrons. The third-order valence-electron chi connectivity index (χ3n) is 3.43. The molecule has 0 radical (unpaired) electrons. The number of carbonyl (C=O) groups excluding carboxylic acids is 1. The summed E-state index contributed by atoms with van der Waals surface area (Å²) < 4.78 is 5.21. The van der Waals surface area contributed by atoms with Crippen molar-refractivity contribution in [2.75, 3.05) is 19.8 Å². The number of rotatable bonds is 5. The third kappa shape index (κ3) is 3.52. The number of aliphatic hydroxyl groups is 1. The van der Waals surface area contributed by atoms with E-state index in [1.807, 2.05) is 19.1 Å². The fourth-order valence-electron chi connectivity index (χ4n) is 2.37. The molecule has 1 saturated heterocycles. The van der Waals surface area contributed by atoms with Gasteiger partial charge in [0.1, 0.15) is 0 Å². The summed E-state index contributed by atoms with van der Waals surface area (Å²) in [5.74, 6) is 0.0564. The first-order valence-corrected chi connectivity index (χ1v) is 6.66. The van der Waals surface area contributed by atoms with Gasteiger partial charge >= 0.3 is 0 Å². The minimum Gasteiger partial charge on any atom is -0.388 e. The zero-order chi connectivity index (χ0) is 13.7. The number of nitrogens with zero attached hydrogens (tertiary/aromatic N) is 2. The largest absolute Gasteiger partial charge is 0.388 e. The zero-order valence-electron chi connectivity index (χ0n) is 11.2. The maximum Gasteiger partial charge on any atom is 0.223 e. The summed E-state index contributed by atoms with van der Waals surface area (Å²) >= 11 is 0. The van der Waals surface area contributed by atoms with Crippen LogP contribution in [0.25, 0.3) is 0 Å². The molecule has 19 heavy (non-hydrogen) atoms. The minimum atomic E-state index is -0.567. The Hall–Kier alpha value is -1.46. The van der Waals surface area contributed by atoms with E-state index in [9.17, 15) is 9.90 Å². The number of aliphatic hydroxyl groups excluding tert-OH is 1. The molecule has 0 saturated carbocycles. The topological polar surface area (TPSA) is 62.7 Å². The second-order valence-electron chi connectivity index (χ2n) is 4.71. The molecule has 2 rings (SSSR count). The summed E-state index contributed by atoms with van der Waals surface area (Å²) in [5, 5.41) is 9.80. The normalized spacial score (nSPS) is 22.4. The predicted molar refractivity (Wildman–Crippen MR) is 70.6 cm³/mol. The highest BCUT2D eigenvalue weighted by Gasteiger charge is 2.33. The Bertz CT molecular complexity index is 410. The van der Waals surface area contributed by atoms with Crippen LogP contribution in [0.1, 0.15) is 18.9 Å². The highest BCUT2D eigenvalue weighted by molar-refractivity contribution is 5.76. The molecular weight excluding hydrogens is 244 g/mol. The van der Waals surface area contributed by atoms with E-state index >= 15 is 0 Å². The minimum absolute atomic E-state index is 0.0564. The van der Waals surface area contributed by atoms with Crippen LogP contribution in [0.2, 0.25) is 0 Å². The summed E-state index contributed by atoms with van der Waals surface area (Å²) in [6, 6.07) is 3.63. The maximum absolute atomic E-state index is 12.2. The highest BCUT2D eigenvalue weighted by atomic mass is 16.5. The van der Waals surface area contributed by atoms with Gasteiger partial charge in [0.25, 0.3) is 0 Å². The van der Waals surface area contributed by atoms with Gasteiger partial charge in [0.15, 0.2) is 0 Å². The maximum atomic E-state index is 12.2. The molecule has 5 heteroatoms. The van der Waals surface area contributed by atoms with Crippen LogP contribution in [0.15, 0.2) is 24.5 Å². The lowest BCUT2D eigenvalue weighted by Gasteiger charge is -2.28. The summed E-state index contributed by atoms with van der Waals surface area (Å²) in [6.45, 7) is 3.26. The number of amides is 1. The summed E-state index contributed by atoms with van der Waals surface area (Å²) in [4.78, 5) is 18.0. The highest BCUT2D eigenvalue weighted by Crippen LogP contribution is 2.15. The van der Waals surface area contributed by atoms with Gasteiger partial charge in [-0.2, -0.15) is 0 Å². The average Bonchev–Trinajstić information content (AvgIpc) is 2.85. The molecule has 0 spiro atoms. The molecule has 5 nitrogen and oxygen atoms in total. The van der Waals surface area contributed by atoms with Crippen molar-refractivity contribution in [3.8, 4) is 0 Å². The SMILES string of the molecule is CCN(C(=O)CCc1cccnc1)[C@@H]1COC[C@H]1O. The number of ether oxygens (including phenoxy) is 1. The zero-order valence-corrected chi connectivity index (χ0v) is 11.2. The van der Waals surface area contributed by atoms with Crippen LogP contribution < -0.4 is 0 Å². The number of hydrogen-bond donors (Lipinski definition) is 1. The van der Waals surface area contributed by atoms with Gasteiger partial charge in [-0.05, 0) is 25.0 Å². The summed E-state index contributed by atoms with van der Waals surface area (Å²) in [7, 11) is 0. The molecule has 0 unspecified atom stereocenters. The second-order valence-corrected chi connectivity index (χ2v) is 4.71. The molecular formula is C14H20N2O3. The quantitative estimate of drug-likeness (QED) is 0.847. The van der Waals surface area contributed by atoms with Gasteiger partial charge in [-0.15, -0.1) is 0 Å². The first-order chi connectivity index (χ1) is 9.22. The predicted octanol–water partition coefficient (Wildman–Crippen LogP) is 0.622. The Morgan fingerprint density at radius 2 is 2.42 bits per heavy atom. The molecule has 1 aliphatic rings. The van der Waals surface area contributed by atoms with Crippen molar-refractivity contribution in [1.29, 1.82) is 0 Å². The number of carbonyl (C=O) groups is 1. The molecule has 0 aliphatic carbocycles. The lowest BCUT2D eigenvalue weighted by Crippen LogP contribution is -2.46. The van der Waals surface area contributed by atoms with Crippen molar-refractivity contribution in [1.82, 2.24) is 9.88 Å². The van der Waals surface area contributed by atoms with Crippen LogP contribution in [-0.2, 0) is 16.0 Å². The van der Waals surface area contributed by atoms with Crippen LogP contribution in [0, 0.1) is 0 Å². The van der Waals surface area contributed by atoms with Gasteiger partial charge in [0, 0.05) is 25.4 Å². The summed E-state index contributed by atoms with van der Waals surface area (Å²) in [5.41, 5.74) is 1.05. The molecule has 1 amide bonds. The van der Waals surface area contributed by atoms with Gasteiger partial charge in [0.2, 0.25) is 5.91 Å². The van der Waals surface area contributed by atoms with Crippen molar-refractivity contribution >= 4 is 5.91 Å². The van der Waals surface area contributed by atoms with Gasteiger partial charge < -0.3 is 14.7 Å². The number of hydrogen-bond acceptors (Lipinski definition) is 4.